The number of ether oxygens (including phenoxy) is 2. The van der Waals surface area contributed by atoms with Gasteiger partial charge in [-0.2, -0.15) is 0 Å². The van der Waals surface area contributed by atoms with Crippen molar-refractivity contribution in [1.82, 2.24) is 4.98 Å². The lowest BCUT2D eigenvalue weighted by Crippen LogP contribution is -2.37. The molecule has 4 nitrogen and oxygen atoms in total. The van der Waals surface area contributed by atoms with Gasteiger partial charge in [0, 0.05) is 23.6 Å². The maximum absolute atomic E-state index is 13.6. The third-order valence-corrected chi connectivity index (χ3v) is 7.31. The van der Waals surface area contributed by atoms with Crippen LogP contribution in [0.2, 0.25) is 0 Å². The van der Waals surface area contributed by atoms with Crippen LogP contribution in [0.15, 0.2) is 90.7 Å². The summed E-state index contributed by atoms with van der Waals surface area (Å²) in [5, 5.41) is 0. The molecule has 1 aromatic heterocycles. The van der Waals surface area contributed by atoms with Gasteiger partial charge in [0.25, 0.3) is 0 Å². The molecular weight excluding hydrogens is 453 g/mol. The molecule has 36 heavy (non-hydrogen) atoms. The number of allylic oxidation sites excluding steroid dienone is 1. The molecule has 1 saturated heterocycles. The maximum atomic E-state index is 13.6. The average Bonchev–Trinajstić information content (AvgIpc) is 3.17. The molecular formula is C31H30FNO3. The largest absolute Gasteiger partial charge is 0.462 e. The molecule has 2 aliphatic rings. The van der Waals surface area contributed by atoms with Crippen LogP contribution in [-0.4, -0.2) is 23.7 Å². The van der Waals surface area contributed by atoms with E-state index < -0.39 is 0 Å². The van der Waals surface area contributed by atoms with E-state index in [0.717, 1.165) is 28.0 Å². The number of nitrogens with zero attached hydrogens (tertiary/aromatic N) is 1. The lowest BCUT2D eigenvalue weighted by atomic mass is 9.66. The minimum absolute atomic E-state index is 0.0503. The van der Waals surface area contributed by atoms with Crippen molar-refractivity contribution in [2.75, 3.05) is 6.61 Å². The molecule has 0 saturated carbocycles. The van der Waals surface area contributed by atoms with Gasteiger partial charge in [0.05, 0.1) is 24.8 Å². The van der Waals surface area contributed by atoms with Crippen LogP contribution in [0.25, 0.3) is 17.2 Å². The molecule has 184 valence electrons. The van der Waals surface area contributed by atoms with Crippen LogP contribution in [0.3, 0.4) is 0 Å². The Morgan fingerprint density at radius 1 is 1.06 bits per heavy atom. The van der Waals surface area contributed by atoms with Gasteiger partial charge in [0.2, 0.25) is 0 Å². The SMILES string of the molecule is CC1=CC2C(=O)O[C@H](C)C2C(/C=C/c2ccc(-c3cccc(F)c3)cn2)C1COCc1ccccc1. The molecule has 0 radical (unpaired) electrons. The van der Waals surface area contributed by atoms with Crippen LogP contribution >= 0.6 is 0 Å². The number of esters is 1. The number of halogens is 1. The van der Waals surface area contributed by atoms with E-state index in [9.17, 15) is 9.18 Å². The third-order valence-electron chi connectivity index (χ3n) is 7.31. The van der Waals surface area contributed by atoms with E-state index in [4.69, 9.17) is 9.47 Å². The van der Waals surface area contributed by atoms with Crippen LogP contribution < -0.4 is 0 Å². The Morgan fingerprint density at radius 2 is 1.89 bits per heavy atom. The molecule has 1 aliphatic heterocycles. The minimum Gasteiger partial charge on any atom is -0.462 e. The molecule has 3 aromatic rings. The van der Waals surface area contributed by atoms with Crippen molar-refractivity contribution in [3.63, 3.8) is 0 Å². The fourth-order valence-corrected chi connectivity index (χ4v) is 5.43. The summed E-state index contributed by atoms with van der Waals surface area (Å²) >= 11 is 0. The van der Waals surface area contributed by atoms with Crippen molar-refractivity contribution in [1.29, 1.82) is 0 Å². The van der Waals surface area contributed by atoms with Gasteiger partial charge in [-0.25, -0.2) is 4.39 Å². The van der Waals surface area contributed by atoms with E-state index in [1.807, 2.05) is 49.4 Å². The third kappa shape index (κ3) is 5.17. The zero-order chi connectivity index (χ0) is 25.1. The first-order valence-electron chi connectivity index (χ1n) is 12.4. The number of carbonyl (C=O) groups excluding carboxylic acids is 1. The first kappa shape index (κ1) is 24.1. The number of benzene rings is 2. The van der Waals surface area contributed by atoms with Gasteiger partial charge in [-0.15, -0.1) is 0 Å². The minimum atomic E-state index is -0.269. The van der Waals surface area contributed by atoms with E-state index >= 15 is 0 Å². The first-order chi connectivity index (χ1) is 17.5. The lowest BCUT2D eigenvalue weighted by Gasteiger charge is -2.37. The lowest BCUT2D eigenvalue weighted by molar-refractivity contribution is -0.142. The van der Waals surface area contributed by atoms with Gasteiger partial charge in [0.1, 0.15) is 11.9 Å². The highest BCUT2D eigenvalue weighted by Gasteiger charge is 2.49. The summed E-state index contributed by atoms with van der Waals surface area (Å²) in [5.41, 5.74) is 4.74. The van der Waals surface area contributed by atoms with Crippen molar-refractivity contribution in [3.05, 3.63) is 108 Å². The topological polar surface area (TPSA) is 48.4 Å². The second-order valence-corrected chi connectivity index (χ2v) is 9.68. The van der Waals surface area contributed by atoms with Crippen molar-refractivity contribution >= 4 is 12.0 Å². The molecule has 4 unspecified atom stereocenters. The number of fused-ring (bicyclic) bond motifs is 1. The molecule has 1 aliphatic carbocycles. The molecule has 5 atom stereocenters. The molecule has 5 rings (SSSR count). The summed E-state index contributed by atoms with van der Waals surface area (Å²) in [5.74, 6) is -0.393. The van der Waals surface area contributed by atoms with E-state index in [1.165, 1.54) is 12.1 Å². The average molecular weight is 484 g/mol. The molecule has 5 heteroatoms. The van der Waals surface area contributed by atoms with E-state index in [1.54, 1.807) is 12.3 Å². The Bertz CT molecular complexity index is 1270. The Hall–Kier alpha value is -3.57. The highest BCUT2D eigenvalue weighted by molar-refractivity contribution is 5.78. The Morgan fingerprint density at radius 3 is 2.64 bits per heavy atom. The Labute approximate surface area is 211 Å². The van der Waals surface area contributed by atoms with Gasteiger partial charge in [0.15, 0.2) is 0 Å². The molecule has 0 spiro atoms. The van der Waals surface area contributed by atoms with Gasteiger partial charge >= 0.3 is 5.97 Å². The molecule has 2 aromatic carbocycles. The second-order valence-electron chi connectivity index (χ2n) is 9.68. The predicted molar refractivity (Wildman–Crippen MR) is 138 cm³/mol. The number of carbonyl (C=O) groups is 1. The van der Waals surface area contributed by atoms with Crippen LogP contribution in [0.4, 0.5) is 4.39 Å². The van der Waals surface area contributed by atoms with E-state index in [2.05, 4.69) is 36.2 Å². The zero-order valence-corrected chi connectivity index (χ0v) is 20.5. The van der Waals surface area contributed by atoms with E-state index in [-0.39, 0.29) is 41.6 Å². The number of cyclic esters (lactones) is 1. The Balaban J connectivity index is 1.36. The second kappa shape index (κ2) is 10.6. The number of hydrogen-bond donors (Lipinski definition) is 0. The summed E-state index contributed by atoms with van der Waals surface area (Å²) in [7, 11) is 0. The fourth-order valence-electron chi connectivity index (χ4n) is 5.43. The summed E-state index contributed by atoms with van der Waals surface area (Å²) in [6, 6.07) is 20.5. The Kier molecular flexibility index (Phi) is 7.10. The monoisotopic (exact) mass is 483 g/mol. The van der Waals surface area contributed by atoms with Crippen LogP contribution in [0, 0.1) is 29.5 Å². The highest BCUT2D eigenvalue weighted by atomic mass is 19.1. The van der Waals surface area contributed by atoms with Crippen molar-refractivity contribution in [2.24, 2.45) is 23.7 Å². The molecule has 2 heterocycles. The quantitative estimate of drug-likeness (QED) is 0.285. The smallest absolute Gasteiger partial charge is 0.313 e. The van der Waals surface area contributed by atoms with Crippen molar-refractivity contribution < 1.29 is 18.7 Å². The standard InChI is InChI=1S/C31H30FNO3/c1-20-15-28-30(21(2)36-31(28)34)27(29(20)19-35-18-22-7-4-3-5-8-22)14-13-26-12-11-24(17-33-26)23-9-6-10-25(32)16-23/h3-17,21,27-30H,18-19H2,1-2H3/b14-13+/t21-,27?,28?,29?,30?/m1/s1. The molecule has 0 amide bonds. The molecule has 0 bridgehead atoms. The zero-order valence-electron chi connectivity index (χ0n) is 20.5. The normalized spacial score (nSPS) is 25.5. The van der Waals surface area contributed by atoms with E-state index in [0.29, 0.717) is 13.2 Å². The molecule has 0 N–H and O–H groups in total. The first-order valence-corrected chi connectivity index (χ1v) is 12.4. The number of pyridine rings is 1. The number of aromatic nitrogens is 1. The van der Waals surface area contributed by atoms with Gasteiger partial charge in [-0.1, -0.05) is 66.3 Å². The van der Waals surface area contributed by atoms with Gasteiger partial charge in [-0.3, -0.25) is 9.78 Å². The number of rotatable bonds is 7. The maximum Gasteiger partial charge on any atom is 0.313 e. The highest BCUT2D eigenvalue weighted by Crippen LogP contribution is 2.46. The van der Waals surface area contributed by atoms with Crippen molar-refractivity contribution in [3.8, 4) is 11.1 Å². The van der Waals surface area contributed by atoms with Crippen LogP contribution in [0.5, 0.6) is 0 Å². The van der Waals surface area contributed by atoms with Gasteiger partial charge in [-0.05, 0) is 55.2 Å². The van der Waals surface area contributed by atoms with Crippen LogP contribution in [0.1, 0.15) is 25.1 Å². The van der Waals surface area contributed by atoms with Crippen LogP contribution in [-0.2, 0) is 20.9 Å². The number of hydrogen-bond acceptors (Lipinski definition) is 4. The fraction of sp³-hybridized carbons (Fsp3) is 0.290. The van der Waals surface area contributed by atoms with Gasteiger partial charge < -0.3 is 9.47 Å². The predicted octanol–water partition coefficient (Wildman–Crippen LogP) is 6.49. The molecule has 1 fully saturated rings. The summed E-state index contributed by atoms with van der Waals surface area (Å²) < 4.78 is 25.4. The summed E-state index contributed by atoms with van der Waals surface area (Å²) in [6.45, 7) is 5.16. The van der Waals surface area contributed by atoms with Crippen molar-refractivity contribution in [2.45, 2.75) is 26.6 Å². The summed E-state index contributed by atoms with van der Waals surface area (Å²) in [6.07, 6.45) is 7.84. The summed E-state index contributed by atoms with van der Waals surface area (Å²) in [4.78, 5) is 17.1.